The van der Waals surface area contributed by atoms with Crippen LogP contribution in [0.4, 0.5) is 0 Å². The van der Waals surface area contributed by atoms with Crippen molar-refractivity contribution in [2.45, 2.75) is 0 Å². The van der Waals surface area contributed by atoms with Gasteiger partial charge in [0.2, 0.25) is 0 Å². The maximum absolute atomic E-state index is 0. The van der Waals surface area contributed by atoms with Crippen LogP contribution < -0.4 is 0 Å². The van der Waals surface area contributed by atoms with E-state index in [2.05, 4.69) is 0 Å². The molecular weight excluding hydrogens is 228 g/mol. The number of hydrogen-bond acceptors (Lipinski definition) is 0. The second-order valence-electron chi connectivity index (χ2n) is 0. The summed E-state index contributed by atoms with van der Waals surface area (Å²) in [5.74, 6) is 0. The zero-order valence-corrected chi connectivity index (χ0v) is 5.79. The van der Waals surface area contributed by atoms with Crippen LogP contribution in [0.5, 0.6) is 0 Å². The Labute approximate surface area is 73.3 Å². The first-order chi connectivity index (χ1) is 0. The van der Waals surface area contributed by atoms with E-state index in [0.717, 1.165) is 0 Å². The number of hydrogen-bond donors (Lipinski definition) is 0. The Hall–Kier alpha value is 2.32. The van der Waals surface area contributed by atoms with Crippen molar-refractivity contribution < 1.29 is 56.8 Å². The van der Waals surface area contributed by atoms with Gasteiger partial charge in [-0.1, -0.05) is 0 Å². The summed E-state index contributed by atoms with van der Waals surface area (Å²) >= 11 is 0. The Kier molecular flexibility index (Phi) is 153. The fourth-order valence-corrected chi connectivity index (χ4v) is 0. The van der Waals surface area contributed by atoms with E-state index < -0.39 is 0 Å². The van der Waals surface area contributed by atoms with E-state index in [9.17, 15) is 0 Å². The largest absolute Gasteiger partial charge is 0.187 e. The van der Waals surface area contributed by atoms with Crippen LogP contribution in [-0.4, -0.2) is 17.4 Å². The van der Waals surface area contributed by atoms with Crippen molar-refractivity contribution in [2.75, 3.05) is 0 Å². The van der Waals surface area contributed by atoms with Crippen LogP contribution in [0, 0.1) is 0 Å². The molecule has 0 nitrogen and oxygen atoms in total. The Balaban J connectivity index is 0. The van der Waals surface area contributed by atoms with Gasteiger partial charge in [-0.15, -0.1) is 0 Å². The molecule has 4 heteroatoms. The summed E-state index contributed by atoms with van der Waals surface area (Å²) in [6.45, 7) is 0. The van der Waals surface area contributed by atoms with Gasteiger partial charge in [0.25, 0.3) is 0 Å². The van der Waals surface area contributed by atoms with Crippen LogP contribution in [0.3, 0.4) is 0 Å². The van der Waals surface area contributed by atoms with E-state index in [1.54, 1.807) is 0 Å². The molecular formula is H3AlCrFeNb. The standard InChI is InChI=1S/Al.Cr.Fe.Nb.3H. The molecule has 0 saturated carbocycles. The van der Waals surface area contributed by atoms with Crippen LogP contribution in [0.25, 0.3) is 0 Å². The van der Waals surface area contributed by atoms with Gasteiger partial charge in [-0.25, -0.2) is 0 Å². The van der Waals surface area contributed by atoms with E-state index in [0.29, 0.717) is 0 Å². The maximum Gasteiger partial charge on any atom is 0.187 e. The van der Waals surface area contributed by atoms with Gasteiger partial charge >= 0.3 is 0 Å². The van der Waals surface area contributed by atoms with Gasteiger partial charge in [0.15, 0.2) is 17.4 Å². The van der Waals surface area contributed by atoms with Crippen molar-refractivity contribution in [1.29, 1.82) is 0 Å². The zero-order chi connectivity index (χ0) is 0. The molecule has 4 heavy (non-hydrogen) atoms. The molecule has 0 aliphatic rings. The zero-order valence-electron chi connectivity index (χ0n) is 1.21. The molecule has 0 aliphatic carbocycles. The van der Waals surface area contributed by atoms with Crippen molar-refractivity contribution in [2.24, 2.45) is 0 Å². The molecule has 0 saturated heterocycles. The molecule has 0 bridgehead atoms. The van der Waals surface area contributed by atoms with Crippen LogP contribution in [0.2, 0.25) is 0 Å². The smallest absolute Gasteiger partial charge is 0 e. The molecule has 0 rings (SSSR count). The van der Waals surface area contributed by atoms with Gasteiger partial charge in [-0.05, 0) is 0 Å². The minimum atomic E-state index is 0. The predicted octanol–water partition coefficient (Wildman–Crippen LogP) is -1.19. The van der Waals surface area contributed by atoms with E-state index in [-0.39, 0.29) is 74.2 Å². The first kappa shape index (κ1) is 33.2. The molecule has 0 aromatic heterocycles. The molecule has 25 valence electrons. The van der Waals surface area contributed by atoms with Crippen molar-refractivity contribution in [3.63, 3.8) is 0 Å². The van der Waals surface area contributed by atoms with Gasteiger partial charge in [0.1, 0.15) is 0 Å². The Morgan fingerprint density at radius 2 is 1.00 bits per heavy atom. The molecule has 0 N–H and O–H groups in total. The Morgan fingerprint density at radius 1 is 1.00 bits per heavy atom. The minimum Gasteiger partial charge on any atom is 0 e. The predicted molar refractivity (Wildman–Crippen MR) is 9.94 cm³/mol. The molecule has 0 aromatic rings. The summed E-state index contributed by atoms with van der Waals surface area (Å²) < 4.78 is 0. The van der Waals surface area contributed by atoms with Crippen LogP contribution >= 0.6 is 0 Å². The first-order valence-electron chi connectivity index (χ1n) is 0. The van der Waals surface area contributed by atoms with Gasteiger partial charge in [0.05, 0.1) is 0 Å². The topological polar surface area (TPSA) is 0 Å². The summed E-state index contributed by atoms with van der Waals surface area (Å²) in [7, 11) is 0. The quantitative estimate of drug-likeness (QED) is 0.459. The summed E-state index contributed by atoms with van der Waals surface area (Å²) in [4.78, 5) is 0. The normalized spacial score (nSPS) is 0. The summed E-state index contributed by atoms with van der Waals surface area (Å²) in [5, 5.41) is 0. The van der Waals surface area contributed by atoms with E-state index in [1.807, 2.05) is 0 Å². The average molecular weight is 231 g/mol. The average Bonchev–Trinajstić information content (AvgIpc) is 0. The van der Waals surface area contributed by atoms with Crippen molar-refractivity contribution in [1.82, 2.24) is 0 Å². The van der Waals surface area contributed by atoms with Gasteiger partial charge in [-0.3, -0.25) is 0 Å². The second kappa shape index (κ2) is 18.4. The SMILES string of the molecule is [AlH3].[Cr].[Fe].[Nb]. The van der Waals surface area contributed by atoms with Gasteiger partial charge in [-0.2, -0.15) is 0 Å². The molecule has 0 aromatic carbocycles. The summed E-state index contributed by atoms with van der Waals surface area (Å²) in [6, 6.07) is 0. The van der Waals surface area contributed by atoms with E-state index in [4.69, 9.17) is 0 Å². The molecule has 0 atom stereocenters. The fourth-order valence-electron chi connectivity index (χ4n) is 0. The monoisotopic (exact) mass is 231 g/mol. The van der Waals surface area contributed by atoms with E-state index >= 15 is 0 Å². The molecule has 1 radical (unpaired) electrons. The van der Waals surface area contributed by atoms with Crippen molar-refractivity contribution >= 4 is 17.4 Å². The Morgan fingerprint density at radius 3 is 1.00 bits per heavy atom. The molecule has 0 spiro atoms. The van der Waals surface area contributed by atoms with Crippen molar-refractivity contribution in [3.05, 3.63) is 0 Å². The maximum atomic E-state index is 0. The van der Waals surface area contributed by atoms with Gasteiger partial charge in [0, 0.05) is 56.8 Å². The van der Waals surface area contributed by atoms with Crippen molar-refractivity contribution in [3.8, 4) is 0 Å². The van der Waals surface area contributed by atoms with Gasteiger partial charge < -0.3 is 0 Å². The first-order valence-corrected chi connectivity index (χ1v) is 0. The van der Waals surface area contributed by atoms with Crippen LogP contribution in [0.15, 0.2) is 0 Å². The van der Waals surface area contributed by atoms with E-state index in [1.165, 1.54) is 0 Å². The second-order valence-corrected chi connectivity index (χ2v) is 0. The summed E-state index contributed by atoms with van der Waals surface area (Å²) in [6.07, 6.45) is 0. The fraction of sp³-hybridized carbons (Fsp3) is 0. The molecule has 0 unspecified atom stereocenters. The molecule has 0 fully saturated rings. The molecule has 0 amide bonds. The third-order valence-corrected chi connectivity index (χ3v) is 0. The summed E-state index contributed by atoms with van der Waals surface area (Å²) in [5.41, 5.74) is 0. The molecule has 0 heterocycles. The Bertz CT molecular complexity index is 8.00. The third kappa shape index (κ3) is 8.85. The number of rotatable bonds is 0. The minimum absolute atomic E-state index is 0. The van der Waals surface area contributed by atoms with Crippen LogP contribution in [0.1, 0.15) is 0 Å². The van der Waals surface area contributed by atoms with Crippen LogP contribution in [-0.2, 0) is 56.8 Å². The third-order valence-electron chi connectivity index (χ3n) is 0. The molecule has 0 aliphatic heterocycles.